The van der Waals surface area contributed by atoms with Gasteiger partial charge < -0.3 is 48.2 Å². The summed E-state index contributed by atoms with van der Waals surface area (Å²) < 4.78 is 22.0. The second-order valence-electron chi connectivity index (χ2n) is 9.30. The van der Waals surface area contributed by atoms with Gasteiger partial charge in [0.2, 0.25) is 5.96 Å². The summed E-state index contributed by atoms with van der Waals surface area (Å²) >= 11 is 5.87. The molecule has 11 nitrogen and oxygen atoms in total. The molecule has 0 radical (unpaired) electrons. The van der Waals surface area contributed by atoms with Gasteiger partial charge >= 0.3 is 18.4 Å². The first-order chi connectivity index (χ1) is 18.6. The SMILES string of the molecule is COC(=O)OC(C(=O)OC(C)(C)C)[n+]1ccc(NC(=NCCCCCCOc2ccc(Cl)cc2)NC#N)cc1.[I-]. The Balaban J connectivity index is 0.00000800. The number of anilines is 1. The molecule has 0 saturated carbocycles. The van der Waals surface area contributed by atoms with Crippen molar-refractivity contribution in [1.29, 1.82) is 5.26 Å². The highest BCUT2D eigenvalue weighted by atomic mass is 127. The van der Waals surface area contributed by atoms with Gasteiger partial charge in [-0.2, -0.15) is 9.83 Å². The summed E-state index contributed by atoms with van der Waals surface area (Å²) in [5.41, 5.74) is -0.191. The van der Waals surface area contributed by atoms with Crippen molar-refractivity contribution in [3.8, 4) is 11.9 Å². The second kappa shape index (κ2) is 18.1. The summed E-state index contributed by atoms with van der Waals surface area (Å²) in [5, 5.41) is 15.3. The van der Waals surface area contributed by atoms with E-state index in [1.165, 1.54) is 17.0 Å². The van der Waals surface area contributed by atoms with Crippen molar-refractivity contribution < 1.29 is 57.1 Å². The van der Waals surface area contributed by atoms with Crippen molar-refractivity contribution in [2.24, 2.45) is 4.99 Å². The zero-order valence-corrected chi connectivity index (χ0v) is 25.9. The van der Waals surface area contributed by atoms with Crippen LogP contribution >= 0.6 is 11.6 Å². The maximum Gasteiger partial charge on any atom is 0.513 e. The molecule has 1 unspecified atom stereocenters. The number of carbonyl (C=O) groups excluding carboxylic acids is 2. The van der Waals surface area contributed by atoms with Crippen LogP contribution < -0.4 is 43.9 Å². The molecule has 0 bridgehead atoms. The Morgan fingerprint density at radius 3 is 2.33 bits per heavy atom. The van der Waals surface area contributed by atoms with Crippen molar-refractivity contribution >= 4 is 35.4 Å². The van der Waals surface area contributed by atoms with Gasteiger partial charge in [-0.15, -0.1) is 0 Å². The molecule has 1 aromatic heterocycles. The maximum absolute atomic E-state index is 12.6. The van der Waals surface area contributed by atoms with Crippen LogP contribution in [-0.2, 0) is 19.0 Å². The van der Waals surface area contributed by atoms with E-state index in [0.29, 0.717) is 23.9 Å². The number of guanidine groups is 1. The average molecular weight is 688 g/mol. The standard InChI is InChI=1S/C27H34ClN5O6.HI/c1-27(2,3)39-24(34)23(38-26(35)36-4)33-16-13-21(14-17-33)32-25(31-19-29)30-15-7-5-6-8-18-37-22-11-9-20(28)10-12-22;/h9-14,16-17,23H,5-8,15,18H2,1-4H3,(H,30,31);1H. The summed E-state index contributed by atoms with van der Waals surface area (Å²) in [4.78, 5) is 28.7. The fourth-order valence-corrected chi connectivity index (χ4v) is 3.30. The molecule has 2 N–H and O–H groups in total. The molecule has 2 rings (SSSR count). The molecule has 40 heavy (non-hydrogen) atoms. The number of halogens is 2. The highest BCUT2D eigenvalue weighted by molar-refractivity contribution is 6.30. The lowest BCUT2D eigenvalue weighted by molar-refractivity contribution is -0.743. The number of nitrogens with zero attached hydrogens (tertiary/aromatic N) is 3. The highest BCUT2D eigenvalue weighted by Crippen LogP contribution is 2.16. The van der Waals surface area contributed by atoms with Crippen LogP contribution in [0.3, 0.4) is 0 Å². The molecule has 0 saturated heterocycles. The molecule has 1 aromatic carbocycles. The molecule has 218 valence electrons. The Hall–Kier alpha value is -3.31. The van der Waals surface area contributed by atoms with E-state index in [9.17, 15) is 9.59 Å². The van der Waals surface area contributed by atoms with Crippen molar-refractivity contribution in [1.82, 2.24) is 5.32 Å². The first-order valence-corrected chi connectivity index (χ1v) is 12.8. The number of methoxy groups -OCH3 is 1. The van der Waals surface area contributed by atoms with Crippen molar-refractivity contribution in [2.45, 2.75) is 58.3 Å². The van der Waals surface area contributed by atoms with Crippen molar-refractivity contribution in [3.63, 3.8) is 0 Å². The average Bonchev–Trinajstić information content (AvgIpc) is 2.89. The van der Waals surface area contributed by atoms with E-state index >= 15 is 0 Å². The molecule has 0 aliphatic heterocycles. The van der Waals surface area contributed by atoms with Gasteiger partial charge in [-0.25, -0.2) is 9.59 Å². The van der Waals surface area contributed by atoms with Gasteiger partial charge in [-0.3, -0.25) is 10.3 Å². The zero-order chi connectivity index (χ0) is 28.7. The second-order valence-corrected chi connectivity index (χ2v) is 9.74. The number of hydrogen-bond acceptors (Lipinski definition) is 8. The number of esters is 1. The minimum Gasteiger partial charge on any atom is -1.00 e. The van der Waals surface area contributed by atoms with E-state index in [-0.39, 0.29) is 29.9 Å². The fraction of sp³-hybridized carbons (Fsp3) is 0.444. The normalized spacial score (nSPS) is 11.8. The van der Waals surface area contributed by atoms with Crippen LogP contribution in [0.2, 0.25) is 5.02 Å². The number of aromatic nitrogens is 1. The van der Waals surface area contributed by atoms with Gasteiger partial charge in [0, 0.05) is 23.7 Å². The predicted molar refractivity (Wildman–Crippen MR) is 145 cm³/mol. The minimum absolute atomic E-state index is 0. The van der Waals surface area contributed by atoms with Gasteiger partial charge in [0.15, 0.2) is 18.6 Å². The number of benzene rings is 1. The van der Waals surface area contributed by atoms with Gasteiger partial charge in [0.05, 0.1) is 19.4 Å². The van der Waals surface area contributed by atoms with Gasteiger partial charge in [0.25, 0.3) is 0 Å². The third kappa shape index (κ3) is 13.7. The van der Waals surface area contributed by atoms with E-state index < -0.39 is 24.0 Å². The number of ether oxygens (including phenoxy) is 4. The van der Waals surface area contributed by atoms with Crippen LogP contribution in [0, 0.1) is 11.5 Å². The Morgan fingerprint density at radius 1 is 1.07 bits per heavy atom. The van der Waals surface area contributed by atoms with Gasteiger partial charge in [-0.05, 0) is 64.3 Å². The Kier molecular flexibility index (Phi) is 15.7. The molecule has 2 aromatic rings. The number of aliphatic imine (C=N–C) groups is 1. The molecule has 0 aliphatic rings. The van der Waals surface area contributed by atoms with Crippen LogP contribution in [0.15, 0.2) is 53.8 Å². The predicted octanol–water partition coefficient (Wildman–Crippen LogP) is 1.73. The lowest BCUT2D eigenvalue weighted by Crippen LogP contribution is -3.00. The number of unbranched alkanes of at least 4 members (excludes halogenated alkanes) is 3. The van der Waals surface area contributed by atoms with Gasteiger partial charge in [0.1, 0.15) is 11.4 Å². The highest BCUT2D eigenvalue weighted by Gasteiger charge is 2.36. The molecular weight excluding hydrogens is 653 g/mol. The zero-order valence-electron chi connectivity index (χ0n) is 23.0. The summed E-state index contributed by atoms with van der Waals surface area (Å²) in [6, 6.07) is 10.5. The molecule has 1 atom stereocenters. The maximum atomic E-state index is 12.6. The summed E-state index contributed by atoms with van der Waals surface area (Å²) in [6.07, 6.45) is 6.22. The van der Waals surface area contributed by atoms with E-state index in [4.69, 9.17) is 31.1 Å². The first kappa shape index (κ1) is 34.7. The Bertz CT molecular complexity index is 1130. The molecule has 0 aliphatic carbocycles. The lowest BCUT2D eigenvalue weighted by atomic mass is 10.2. The quantitative estimate of drug-likeness (QED) is 0.0500. The molecule has 1 heterocycles. The van der Waals surface area contributed by atoms with Gasteiger partial charge in [-0.1, -0.05) is 18.0 Å². The van der Waals surface area contributed by atoms with Crippen molar-refractivity contribution in [2.75, 3.05) is 25.6 Å². The van der Waals surface area contributed by atoms with E-state index in [1.807, 2.05) is 18.3 Å². The number of carbonyl (C=O) groups is 2. The number of nitriles is 1. The third-order valence-corrected chi connectivity index (χ3v) is 5.20. The number of nitrogens with one attached hydrogen (secondary N) is 2. The van der Waals surface area contributed by atoms with E-state index in [0.717, 1.165) is 38.5 Å². The summed E-state index contributed by atoms with van der Waals surface area (Å²) in [6.45, 7) is 6.27. The van der Waals surface area contributed by atoms with E-state index in [2.05, 4.69) is 20.4 Å². The third-order valence-electron chi connectivity index (χ3n) is 4.95. The Labute approximate surface area is 256 Å². The largest absolute Gasteiger partial charge is 1.00 e. The molecular formula is C27H35ClIN5O6. The van der Waals surface area contributed by atoms with Crippen LogP contribution in [0.5, 0.6) is 5.75 Å². The molecule has 0 amide bonds. The van der Waals surface area contributed by atoms with Crippen LogP contribution in [-0.4, -0.2) is 43.9 Å². The number of pyridine rings is 1. The van der Waals surface area contributed by atoms with E-state index in [1.54, 1.807) is 45.0 Å². The summed E-state index contributed by atoms with van der Waals surface area (Å²) in [5.74, 6) is 0.324. The number of rotatable bonds is 12. The minimum atomic E-state index is -1.38. The molecule has 13 heteroatoms. The molecule has 0 spiro atoms. The lowest BCUT2D eigenvalue weighted by Gasteiger charge is -2.21. The summed E-state index contributed by atoms with van der Waals surface area (Å²) in [7, 11) is 1.15. The first-order valence-electron chi connectivity index (χ1n) is 12.4. The van der Waals surface area contributed by atoms with Crippen LogP contribution in [0.1, 0.15) is 52.7 Å². The van der Waals surface area contributed by atoms with Crippen molar-refractivity contribution in [3.05, 3.63) is 53.8 Å². The van der Waals surface area contributed by atoms with Crippen LogP contribution in [0.4, 0.5) is 10.5 Å². The monoisotopic (exact) mass is 687 g/mol. The smallest absolute Gasteiger partial charge is 0.513 e. The fourth-order valence-electron chi connectivity index (χ4n) is 3.18. The molecule has 0 fully saturated rings. The number of hydrogen-bond donors (Lipinski definition) is 2. The van der Waals surface area contributed by atoms with Crippen LogP contribution in [0.25, 0.3) is 0 Å². The topological polar surface area (TPSA) is 135 Å². The Morgan fingerprint density at radius 2 is 1.73 bits per heavy atom.